The third kappa shape index (κ3) is 4.86. The predicted octanol–water partition coefficient (Wildman–Crippen LogP) is 4.82. The second kappa shape index (κ2) is 9.34. The topological polar surface area (TPSA) is 75.7 Å². The van der Waals surface area contributed by atoms with Gasteiger partial charge in [-0.2, -0.15) is 4.31 Å². The number of amides is 1. The summed E-state index contributed by atoms with van der Waals surface area (Å²) in [6.45, 7) is 0.911. The van der Waals surface area contributed by atoms with Crippen LogP contribution in [0.3, 0.4) is 0 Å². The molecule has 29 heavy (non-hydrogen) atoms. The molecule has 0 atom stereocenters. The Labute approximate surface area is 180 Å². The van der Waals surface area contributed by atoms with Gasteiger partial charge in [0.1, 0.15) is 10.6 Å². The Morgan fingerprint density at radius 2 is 1.66 bits per heavy atom. The van der Waals surface area contributed by atoms with Gasteiger partial charge in [-0.05, 0) is 43.2 Å². The van der Waals surface area contributed by atoms with Crippen LogP contribution in [0.2, 0.25) is 10.0 Å². The first-order valence-electron chi connectivity index (χ1n) is 9.28. The fourth-order valence-corrected chi connectivity index (χ4v) is 5.43. The number of halogens is 2. The number of rotatable bonds is 5. The highest BCUT2D eigenvalue weighted by Gasteiger charge is 2.29. The Hall–Kier alpha value is -1.80. The maximum atomic E-state index is 13.2. The molecule has 2 aromatic rings. The molecule has 0 unspecified atom stereocenters. The minimum Gasteiger partial charge on any atom is -0.495 e. The lowest BCUT2D eigenvalue weighted by atomic mass is 10.2. The molecule has 6 nitrogen and oxygen atoms in total. The number of carbonyl (C=O) groups is 1. The second-order valence-electron chi connectivity index (χ2n) is 6.73. The normalized spacial score (nSPS) is 15.6. The number of methoxy groups -OCH3 is 1. The standard InChI is InChI=1S/C20H22Cl2N2O4S/c1-28-17-10-9-14(20(25)23-19-15(21)7-6-8-16(19)22)13-18(17)29(26,27)24-11-4-2-3-5-12-24/h6-10,13H,2-5,11-12H2,1H3,(H,23,25). The van der Waals surface area contributed by atoms with Gasteiger partial charge in [0.15, 0.2) is 0 Å². The van der Waals surface area contributed by atoms with Gasteiger partial charge < -0.3 is 10.1 Å². The van der Waals surface area contributed by atoms with E-state index in [9.17, 15) is 13.2 Å². The van der Waals surface area contributed by atoms with E-state index in [0.29, 0.717) is 13.1 Å². The van der Waals surface area contributed by atoms with E-state index in [1.807, 2.05) is 0 Å². The van der Waals surface area contributed by atoms with E-state index < -0.39 is 15.9 Å². The average Bonchev–Trinajstić information content (AvgIpc) is 3.00. The van der Waals surface area contributed by atoms with E-state index >= 15 is 0 Å². The van der Waals surface area contributed by atoms with Crippen molar-refractivity contribution in [1.29, 1.82) is 0 Å². The van der Waals surface area contributed by atoms with E-state index in [1.54, 1.807) is 18.2 Å². The van der Waals surface area contributed by atoms with E-state index in [4.69, 9.17) is 27.9 Å². The van der Waals surface area contributed by atoms with E-state index in [2.05, 4.69) is 5.32 Å². The van der Waals surface area contributed by atoms with E-state index in [1.165, 1.54) is 29.6 Å². The number of anilines is 1. The summed E-state index contributed by atoms with van der Waals surface area (Å²) in [5.74, 6) is -0.323. The number of carbonyl (C=O) groups excluding carboxylic acids is 1. The zero-order valence-electron chi connectivity index (χ0n) is 16.0. The van der Waals surface area contributed by atoms with Crippen LogP contribution in [0.25, 0.3) is 0 Å². The van der Waals surface area contributed by atoms with Crippen molar-refractivity contribution >= 4 is 44.8 Å². The second-order valence-corrected chi connectivity index (χ2v) is 9.46. The molecule has 0 spiro atoms. The van der Waals surface area contributed by atoms with Gasteiger partial charge in [-0.1, -0.05) is 42.1 Å². The van der Waals surface area contributed by atoms with Gasteiger partial charge in [0.25, 0.3) is 5.91 Å². The van der Waals surface area contributed by atoms with Crippen molar-refractivity contribution in [2.45, 2.75) is 30.6 Å². The third-order valence-corrected chi connectivity index (χ3v) is 7.36. The summed E-state index contributed by atoms with van der Waals surface area (Å²) in [6.07, 6.45) is 3.63. The van der Waals surface area contributed by atoms with Gasteiger partial charge in [0, 0.05) is 18.7 Å². The summed E-state index contributed by atoms with van der Waals surface area (Å²) in [7, 11) is -2.39. The number of sulfonamides is 1. The van der Waals surface area contributed by atoms with Crippen LogP contribution in [-0.2, 0) is 10.0 Å². The Morgan fingerprint density at radius 1 is 1.03 bits per heavy atom. The smallest absolute Gasteiger partial charge is 0.255 e. The summed E-state index contributed by atoms with van der Waals surface area (Å²) in [5.41, 5.74) is 0.434. The van der Waals surface area contributed by atoms with Crippen LogP contribution in [0, 0.1) is 0 Å². The van der Waals surface area contributed by atoms with Crippen molar-refractivity contribution in [1.82, 2.24) is 4.31 Å². The monoisotopic (exact) mass is 456 g/mol. The molecule has 0 aromatic heterocycles. The summed E-state index contributed by atoms with van der Waals surface area (Å²) < 4.78 is 33.2. The van der Waals surface area contributed by atoms with Gasteiger partial charge in [0.2, 0.25) is 10.0 Å². The highest BCUT2D eigenvalue weighted by atomic mass is 35.5. The number of nitrogens with one attached hydrogen (secondary N) is 1. The molecule has 0 bridgehead atoms. The van der Waals surface area contributed by atoms with Gasteiger partial charge in [-0.3, -0.25) is 4.79 Å². The molecule has 156 valence electrons. The minimum atomic E-state index is -3.80. The molecule has 1 N–H and O–H groups in total. The zero-order valence-corrected chi connectivity index (χ0v) is 18.3. The first kappa shape index (κ1) is 21.9. The van der Waals surface area contributed by atoms with Crippen LogP contribution in [0.15, 0.2) is 41.3 Å². The minimum absolute atomic E-state index is 0.0280. The van der Waals surface area contributed by atoms with Gasteiger partial charge >= 0.3 is 0 Å². The van der Waals surface area contributed by atoms with Crippen molar-refractivity contribution in [3.8, 4) is 5.75 Å². The van der Waals surface area contributed by atoms with E-state index in [0.717, 1.165) is 25.7 Å². The van der Waals surface area contributed by atoms with Crippen molar-refractivity contribution in [2.75, 3.05) is 25.5 Å². The van der Waals surface area contributed by atoms with Gasteiger partial charge in [-0.15, -0.1) is 0 Å². The van der Waals surface area contributed by atoms with Crippen molar-refractivity contribution < 1.29 is 17.9 Å². The van der Waals surface area contributed by atoms with Crippen molar-refractivity contribution in [3.63, 3.8) is 0 Å². The third-order valence-electron chi connectivity index (χ3n) is 4.81. The fourth-order valence-electron chi connectivity index (χ4n) is 3.24. The molecule has 1 amide bonds. The van der Waals surface area contributed by atoms with Crippen molar-refractivity contribution in [2.24, 2.45) is 0 Å². The predicted molar refractivity (Wildman–Crippen MR) is 115 cm³/mol. The number of hydrogen-bond acceptors (Lipinski definition) is 4. The molecule has 1 aliphatic rings. The Kier molecular flexibility index (Phi) is 7.05. The first-order valence-corrected chi connectivity index (χ1v) is 11.5. The largest absolute Gasteiger partial charge is 0.495 e. The summed E-state index contributed by atoms with van der Waals surface area (Å²) >= 11 is 12.2. The lowest BCUT2D eigenvalue weighted by Crippen LogP contribution is -2.32. The first-order chi connectivity index (χ1) is 13.8. The van der Waals surface area contributed by atoms with Crippen molar-refractivity contribution in [3.05, 3.63) is 52.0 Å². The maximum Gasteiger partial charge on any atom is 0.255 e. The van der Waals surface area contributed by atoms with Crippen LogP contribution in [0.5, 0.6) is 5.75 Å². The quantitative estimate of drug-likeness (QED) is 0.699. The molecular formula is C20H22Cl2N2O4S. The summed E-state index contributed by atoms with van der Waals surface area (Å²) in [5, 5.41) is 3.23. The molecule has 0 aliphatic carbocycles. The highest BCUT2D eigenvalue weighted by Crippen LogP contribution is 2.32. The van der Waals surface area contributed by atoms with Crippen LogP contribution in [0.1, 0.15) is 36.0 Å². The molecule has 0 saturated carbocycles. The molecule has 3 rings (SSSR count). The average molecular weight is 457 g/mol. The molecule has 1 heterocycles. The molecular weight excluding hydrogens is 435 g/mol. The lowest BCUT2D eigenvalue weighted by Gasteiger charge is -2.21. The van der Waals surface area contributed by atoms with Crippen LogP contribution < -0.4 is 10.1 Å². The number of nitrogens with zero attached hydrogens (tertiary/aromatic N) is 1. The van der Waals surface area contributed by atoms with Crippen LogP contribution in [0.4, 0.5) is 5.69 Å². The Bertz CT molecular complexity index is 983. The van der Waals surface area contributed by atoms with Crippen LogP contribution in [-0.4, -0.2) is 38.8 Å². The Balaban J connectivity index is 1.95. The summed E-state index contributed by atoms with van der Waals surface area (Å²) in [6, 6.07) is 9.19. The summed E-state index contributed by atoms with van der Waals surface area (Å²) in [4.78, 5) is 12.7. The lowest BCUT2D eigenvalue weighted by molar-refractivity contribution is 0.102. The molecule has 2 aromatic carbocycles. The number of para-hydroxylation sites is 1. The van der Waals surface area contributed by atoms with Crippen LogP contribution >= 0.6 is 23.2 Å². The number of hydrogen-bond donors (Lipinski definition) is 1. The maximum absolute atomic E-state index is 13.2. The SMILES string of the molecule is COc1ccc(C(=O)Nc2c(Cl)cccc2Cl)cc1S(=O)(=O)N1CCCCCC1. The van der Waals surface area contributed by atoms with Gasteiger partial charge in [-0.25, -0.2) is 8.42 Å². The fraction of sp³-hybridized carbons (Fsp3) is 0.350. The highest BCUT2D eigenvalue weighted by molar-refractivity contribution is 7.89. The molecule has 0 radical (unpaired) electrons. The Morgan fingerprint density at radius 3 is 2.24 bits per heavy atom. The zero-order chi connectivity index (χ0) is 21.0. The molecule has 1 aliphatic heterocycles. The van der Waals surface area contributed by atoms with Gasteiger partial charge in [0.05, 0.1) is 22.8 Å². The van der Waals surface area contributed by atoms with E-state index in [-0.39, 0.29) is 31.9 Å². The molecule has 1 fully saturated rings. The number of benzene rings is 2. The molecule has 1 saturated heterocycles. The number of ether oxygens (including phenoxy) is 1. The molecule has 9 heteroatoms.